The van der Waals surface area contributed by atoms with E-state index in [0.717, 1.165) is 45.3 Å². The molecule has 0 spiro atoms. The fourth-order valence-corrected chi connectivity index (χ4v) is 3.14. The summed E-state index contributed by atoms with van der Waals surface area (Å²) in [5, 5.41) is 6.15. The molecule has 23 heavy (non-hydrogen) atoms. The van der Waals surface area contributed by atoms with Gasteiger partial charge in [0.25, 0.3) is 5.91 Å². The van der Waals surface area contributed by atoms with Crippen molar-refractivity contribution in [3.8, 4) is 0 Å². The van der Waals surface area contributed by atoms with E-state index in [1.54, 1.807) is 0 Å². The van der Waals surface area contributed by atoms with Crippen molar-refractivity contribution in [3.63, 3.8) is 0 Å². The van der Waals surface area contributed by atoms with E-state index in [4.69, 9.17) is 4.42 Å². The van der Waals surface area contributed by atoms with Crippen molar-refractivity contribution in [2.24, 2.45) is 0 Å². The predicted octanol–water partition coefficient (Wildman–Crippen LogP) is 0.884. The van der Waals surface area contributed by atoms with Crippen LogP contribution >= 0.6 is 0 Å². The molecule has 0 saturated carbocycles. The van der Waals surface area contributed by atoms with E-state index < -0.39 is 0 Å². The van der Waals surface area contributed by atoms with E-state index >= 15 is 0 Å². The molecule has 7 nitrogen and oxygen atoms in total. The normalized spacial score (nSPS) is 21.7. The summed E-state index contributed by atoms with van der Waals surface area (Å²) in [6.07, 6.45) is 5.94. The summed E-state index contributed by atoms with van der Waals surface area (Å²) in [5.41, 5.74) is 0.336. The first-order chi connectivity index (χ1) is 11.2. The number of carbonyl (C=O) groups is 2. The van der Waals surface area contributed by atoms with Gasteiger partial charge in [-0.05, 0) is 32.2 Å². The SMILES string of the molecule is O=C(NCCCN1CCCC1=O)c1coc(C2CCCNC2)n1. The molecule has 0 bridgehead atoms. The highest BCUT2D eigenvalue weighted by atomic mass is 16.3. The predicted molar refractivity (Wildman–Crippen MR) is 84.1 cm³/mol. The number of carbonyl (C=O) groups excluding carboxylic acids is 2. The van der Waals surface area contributed by atoms with E-state index in [0.29, 0.717) is 31.1 Å². The maximum atomic E-state index is 12.1. The second-order valence-electron chi connectivity index (χ2n) is 6.21. The topological polar surface area (TPSA) is 87.5 Å². The Morgan fingerprint density at radius 2 is 2.39 bits per heavy atom. The van der Waals surface area contributed by atoms with Crippen LogP contribution in [-0.2, 0) is 4.79 Å². The Hall–Kier alpha value is -1.89. The van der Waals surface area contributed by atoms with Gasteiger partial charge in [0.2, 0.25) is 5.91 Å². The average Bonchev–Trinajstić information content (AvgIpc) is 3.22. The Kier molecular flexibility index (Phi) is 5.27. The van der Waals surface area contributed by atoms with Gasteiger partial charge in [0.1, 0.15) is 6.26 Å². The third-order valence-electron chi connectivity index (χ3n) is 4.46. The smallest absolute Gasteiger partial charge is 0.273 e. The van der Waals surface area contributed by atoms with Crippen molar-refractivity contribution in [3.05, 3.63) is 17.8 Å². The molecule has 7 heteroatoms. The molecule has 0 aliphatic carbocycles. The molecule has 2 aliphatic heterocycles. The van der Waals surface area contributed by atoms with Crippen LogP contribution in [0.2, 0.25) is 0 Å². The first-order valence-electron chi connectivity index (χ1n) is 8.46. The molecule has 0 radical (unpaired) electrons. The summed E-state index contributed by atoms with van der Waals surface area (Å²) in [7, 11) is 0. The molecule has 2 saturated heterocycles. The van der Waals surface area contributed by atoms with Gasteiger partial charge in [-0.1, -0.05) is 0 Å². The van der Waals surface area contributed by atoms with Crippen LogP contribution in [0.25, 0.3) is 0 Å². The van der Waals surface area contributed by atoms with Crippen molar-refractivity contribution < 1.29 is 14.0 Å². The van der Waals surface area contributed by atoms with Crippen molar-refractivity contribution in [2.75, 3.05) is 32.7 Å². The number of hydrogen-bond donors (Lipinski definition) is 2. The van der Waals surface area contributed by atoms with Crippen molar-refractivity contribution >= 4 is 11.8 Å². The van der Waals surface area contributed by atoms with Crippen LogP contribution in [0, 0.1) is 0 Å². The Morgan fingerprint density at radius 1 is 1.48 bits per heavy atom. The maximum absolute atomic E-state index is 12.1. The average molecular weight is 320 g/mol. The molecule has 3 rings (SSSR count). The summed E-state index contributed by atoms with van der Waals surface area (Å²) in [6.45, 7) is 3.97. The minimum atomic E-state index is -0.212. The summed E-state index contributed by atoms with van der Waals surface area (Å²) >= 11 is 0. The van der Waals surface area contributed by atoms with Gasteiger partial charge >= 0.3 is 0 Å². The highest BCUT2D eigenvalue weighted by molar-refractivity contribution is 5.91. The van der Waals surface area contributed by atoms with Gasteiger partial charge in [-0.25, -0.2) is 4.98 Å². The van der Waals surface area contributed by atoms with Crippen LogP contribution in [0.5, 0.6) is 0 Å². The molecule has 3 heterocycles. The van der Waals surface area contributed by atoms with E-state index in [2.05, 4.69) is 15.6 Å². The van der Waals surface area contributed by atoms with Crippen LogP contribution in [0.4, 0.5) is 0 Å². The van der Waals surface area contributed by atoms with E-state index in [-0.39, 0.29) is 17.7 Å². The van der Waals surface area contributed by atoms with Crippen molar-refractivity contribution in [2.45, 2.75) is 38.0 Å². The number of likely N-dealkylation sites (tertiary alicyclic amines) is 1. The van der Waals surface area contributed by atoms with Gasteiger partial charge < -0.3 is 20.0 Å². The molecule has 1 aromatic heterocycles. The summed E-state index contributed by atoms with van der Waals surface area (Å²) in [4.78, 5) is 29.7. The largest absolute Gasteiger partial charge is 0.448 e. The number of hydrogen-bond acceptors (Lipinski definition) is 5. The number of nitrogens with zero attached hydrogens (tertiary/aromatic N) is 2. The zero-order valence-corrected chi connectivity index (χ0v) is 13.3. The van der Waals surface area contributed by atoms with Gasteiger partial charge in [0.05, 0.1) is 0 Å². The van der Waals surface area contributed by atoms with Gasteiger partial charge in [0, 0.05) is 38.5 Å². The Balaban J connectivity index is 1.41. The molecular weight excluding hydrogens is 296 g/mol. The number of piperidine rings is 1. The van der Waals surface area contributed by atoms with E-state index in [1.165, 1.54) is 6.26 Å². The lowest BCUT2D eigenvalue weighted by molar-refractivity contribution is -0.127. The highest BCUT2D eigenvalue weighted by Gasteiger charge is 2.22. The van der Waals surface area contributed by atoms with Crippen LogP contribution in [0.3, 0.4) is 0 Å². The zero-order valence-electron chi connectivity index (χ0n) is 13.3. The van der Waals surface area contributed by atoms with E-state index in [9.17, 15) is 9.59 Å². The number of amides is 2. The van der Waals surface area contributed by atoms with Gasteiger partial charge in [0.15, 0.2) is 11.6 Å². The molecule has 2 fully saturated rings. The molecule has 1 aromatic rings. The first-order valence-corrected chi connectivity index (χ1v) is 8.46. The fourth-order valence-electron chi connectivity index (χ4n) is 3.14. The van der Waals surface area contributed by atoms with Gasteiger partial charge in [-0.2, -0.15) is 0 Å². The number of rotatable bonds is 6. The third kappa shape index (κ3) is 4.10. The van der Waals surface area contributed by atoms with Crippen LogP contribution < -0.4 is 10.6 Å². The zero-order chi connectivity index (χ0) is 16.1. The minimum Gasteiger partial charge on any atom is -0.448 e. The monoisotopic (exact) mass is 320 g/mol. The molecule has 1 atom stereocenters. The summed E-state index contributed by atoms with van der Waals surface area (Å²) in [5.74, 6) is 0.909. The Morgan fingerprint density at radius 3 is 3.13 bits per heavy atom. The number of nitrogens with one attached hydrogen (secondary N) is 2. The molecule has 0 aromatic carbocycles. The minimum absolute atomic E-state index is 0.212. The number of oxazole rings is 1. The first kappa shape index (κ1) is 16.0. The van der Waals surface area contributed by atoms with Gasteiger partial charge in [-0.15, -0.1) is 0 Å². The Bertz CT molecular complexity index is 551. The molecule has 1 unspecified atom stereocenters. The lowest BCUT2D eigenvalue weighted by atomic mass is 10.00. The molecule has 2 amide bonds. The summed E-state index contributed by atoms with van der Waals surface area (Å²) in [6, 6.07) is 0. The lowest BCUT2D eigenvalue weighted by Gasteiger charge is -2.19. The fraction of sp³-hybridized carbons (Fsp3) is 0.688. The number of aromatic nitrogens is 1. The quantitative estimate of drug-likeness (QED) is 0.760. The summed E-state index contributed by atoms with van der Waals surface area (Å²) < 4.78 is 5.46. The van der Waals surface area contributed by atoms with Crippen molar-refractivity contribution in [1.29, 1.82) is 0 Å². The van der Waals surface area contributed by atoms with Gasteiger partial charge in [-0.3, -0.25) is 9.59 Å². The molecular formula is C16H24N4O3. The second-order valence-corrected chi connectivity index (χ2v) is 6.21. The third-order valence-corrected chi connectivity index (χ3v) is 4.46. The molecule has 126 valence electrons. The maximum Gasteiger partial charge on any atom is 0.273 e. The standard InChI is InChI=1S/C16H24N4O3/c21-14-5-2-8-20(14)9-3-7-18-15(22)13-11-23-16(19-13)12-4-1-6-17-10-12/h11-12,17H,1-10H2,(H,18,22). The van der Waals surface area contributed by atoms with Crippen LogP contribution in [0.1, 0.15) is 54.4 Å². The van der Waals surface area contributed by atoms with Crippen LogP contribution in [-0.4, -0.2) is 54.4 Å². The second kappa shape index (κ2) is 7.59. The Labute approximate surface area is 135 Å². The van der Waals surface area contributed by atoms with E-state index in [1.807, 2.05) is 4.90 Å². The van der Waals surface area contributed by atoms with Crippen molar-refractivity contribution in [1.82, 2.24) is 20.5 Å². The molecule has 2 aliphatic rings. The highest BCUT2D eigenvalue weighted by Crippen LogP contribution is 2.22. The van der Waals surface area contributed by atoms with Crippen LogP contribution in [0.15, 0.2) is 10.7 Å². The molecule has 2 N–H and O–H groups in total. The lowest BCUT2D eigenvalue weighted by Crippen LogP contribution is -2.31.